The van der Waals surface area contributed by atoms with Crippen LogP contribution < -0.4 is 5.32 Å². The summed E-state index contributed by atoms with van der Waals surface area (Å²) in [7, 11) is 0.880. The van der Waals surface area contributed by atoms with E-state index < -0.39 is 40.7 Å². The lowest BCUT2D eigenvalue weighted by molar-refractivity contribution is -0.112. The van der Waals surface area contributed by atoms with Crippen LogP contribution in [0.2, 0.25) is 0 Å². The third-order valence-corrected chi connectivity index (χ3v) is 4.21. The van der Waals surface area contributed by atoms with Gasteiger partial charge in [0, 0.05) is 11.3 Å². The number of aromatic nitrogens is 2. The van der Waals surface area contributed by atoms with Crippen LogP contribution in [0, 0.1) is 11.6 Å². The van der Waals surface area contributed by atoms with Gasteiger partial charge in [-0.1, -0.05) is 12.1 Å². The van der Waals surface area contributed by atoms with E-state index in [0.29, 0.717) is 11.0 Å². The lowest BCUT2D eigenvalue weighted by Crippen LogP contribution is -2.28. The number of fused-ring (bicyclic) bond motifs is 1. The lowest BCUT2D eigenvalue weighted by atomic mass is 9.95. The second-order valence-corrected chi connectivity index (χ2v) is 5.95. The van der Waals surface area contributed by atoms with E-state index in [1.807, 2.05) is 0 Å². The van der Waals surface area contributed by atoms with Crippen molar-refractivity contribution in [2.24, 2.45) is 0 Å². The minimum atomic E-state index is -5.08. The number of halogens is 5. The van der Waals surface area contributed by atoms with E-state index in [4.69, 9.17) is 0 Å². The molecule has 0 aliphatic rings. The Morgan fingerprint density at radius 1 is 1.24 bits per heavy atom. The molecule has 3 aromatic rings. The smallest absolute Gasteiger partial charge is 0.418 e. The number of rotatable bonds is 6. The number of aromatic amines is 1. The summed E-state index contributed by atoms with van der Waals surface area (Å²) in [5.41, 5.74) is -0.921. The zero-order chi connectivity index (χ0) is 21.2. The van der Waals surface area contributed by atoms with E-state index in [0.717, 1.165) is 25.3 Å². The predicted molar refractivity (Wildman–Crippen MR) is 95.0 cm³/mol. The average molecular weight is 411 g/mol. The molecule has 0 bridgehead atoms. The monoisotopic (exact) mass is 411 g/mol. The Balaban J connectivity index is 2.21. The maximum atomic E-state index is 14.4. The van der Waals surface area contributed by atoms with Crippen LogP contribution >= 0.6 is 0 Å². The highest BCUT2D eigenvalue weighted by molar-refractivity contribution is 5.79. The molecule has 152 valence electrons. The fourth-order valence-corrected chi connectivity index (χ4v) is 2.91. The number of carbonyl (C=O) groups is 1. The van der Waals surface area contributed by atoms with Crippen molar-refractivity contribution in [1.29, 1.82) is 0 Å². The molecule has 0 spiro atoms. The second kappa shape index (κ2) is 7.90. The van der Waals surface area contributed by atoms with E-state index in [-0.39, 0.29) is 12.0 Å². The normalized spacial score (nSPS) is 13.7. The number of imidazole rings is 1. The highest BCUT2D eigenvalue weighted by Gasteiger charge is 2.44. The van der Waals surface area contributed by atoms with Crippen LogP contribution in [-0.2, 0) is 9.53 Å². The van der Waals surface area contributed by atoms with Crippen molar-refractivity contribution in [3.05, 3.63) is 71.3 Å². The number of benzene rings is 2. The number of aldehydes is 1. The van der Waals surface area contributed by atoms with Crippen LogP contribution in [0.25, 0.3) is 11.0 Å². The Hall–Kier alpha value is -3.43. The number of nitrogens with one attached hydrogen (secondary N) is 2. The van der Waals surface area contributed by atoms with E-state index in [9.17, 15) is 26.7 Å². The highest BCUT2D eigenvalue weighted by Crippen LogP contribution is 2.41. The molecule has 1 heterocycles. The van der Waals surface area contributed by atoms with Gasteiger partial charge in [-0.05, 0) is 24.3 Å². The summed E-state index contributed by atoms with van der Waals surface area (Å²) >= 11 is 0. The van der Waals surface area contributed by atoms with Gasteiger partial charge in [-0.15, -0.1) is 0 Å². The molecule has 5 nitrogen and oxygen atoms in total. The number of hydrogen-bond acceptors (Lipinski definition) is 4. The van der Waals surface area contributed by atoms with E-state index in [1.165, 1.54) is 24.5 Å². The Bertz CT molecular complexity index is 1080. The first-order valence-corrected chi connectivity index (χ1v) is 8.20. The number of nitrogens with zero attached hydrogens (tertiary/aromatic N) is 1. The molecule has 29 heavy (non-hydrogen) atoms. The number of ether oxygens (including phenoxy) is 1. The van der Waals surface area contributed by atoms with Crippen LogP contribution in [0.15, 0.2) is 54.1 Å². The molecule has 0 aliphatic carbocycles. The van der Waals surface area contributed by atoms with Gasteiger partial charge in [0.15, 0.2) is 23.7 Å². The van der Waals surface area contributed by atoms with Crippen LogP contribution in [-0.4, -0.2) is 29.5 Å². The molecule has 2 N–H and O–H groups in total. The number of alkyl halides is 3. The molecule has 0 fully saturated rings. The SMILES string of the molecule is CO/C(C=O)=C(/C(Nc1ccc2nc[nH]c2c1)c1cccc(F)c1F)C(F)(F)F. The number of allylic oxidation sites excluding steroid dienone is 1. The van der Waals surface area contributed by atoms with Gasteiger partial charge < -0.3 is 15.0 Å². The van der Waals surface area contributed by atoms with Crippen molar-refractivity contribution < 1.29 is 31.5 Å². The summed E-state index contributed by atoms with van der Waals surface area (Å²) in [4.78, 5) is 18.0. The van der Waals surface area contributed by atoms with Crippen molar-refractivity contribution in [2.45, 2.75) is 12.2 Å². The van der Waals surface area contributed by atoms with Crippen molar-refractivity contribution >= 4 is 23.0 Å². The lowest BCUT2D eigenvalue weighted by Gasteiger charge is -2.26. The summed E-state index contributed by atoms with van der Waals surface area (Å²) in [6, 6.07) is 5.28. The van der Waals surface area contributed by atoms with Crippen LogP contribution in [0.1, 0.15) is 11.6 Å². The third-order valence-electron chi connectivity index (χ3n) is 4.21. The standard InChI is InChI=1S/C19H14F5N3O2/c1-29-15(8-28)16(19(22,23)24)18(11-3-2-4-12(20)17(11)21)27-10-5-6-13-14(7-10)26-9-25-13/h2-9,18,27H,1H3,(H,25,26)/b16-15-. The summed E-state index contributed by atoms with van der Waals surface area (Å²) in [5, 5.41) is 2.53. The van der Waals surface area contributed by atoms with E-state index >= 15 is 0 Å². The summed E-state index contributed by atoms with van der Waals surface area (Å²) < 4.78 is 74.3. The molecule has 1 atom stereocenters. The van der Waals surface area contributed by atoms with Gasteiger partial charge in [0.1, 0.15) is 5.57 Å². The number of anilines is 1. The molecule has 0 saturated heterocycles. The second-order valence-electron chi connectivity index (χ2n) is 5.95. The van der Waals surface area contributed by atoms with Gasteiger partial charge in [-0.2, -0.15) is 13.2 Å². The van der Waals surface area contributed by atoms with Gasteiger partial charge >= 0.3 is 6.18 Å². The predicted octanol–water partition coefficient (Wildman–Crippen LogP) is 4.66. The minimum absolute atomic E-state index is 0.132. The molecule has 1 aromatic heterocycles. The molecule has 0 aliphatic heterocycles. The minimum Gasteiger partial charge on any atom is -0.493 e. The first-order valence-electron chi connectivity index (χ1n) is 8.20. The molecule has 0 saturated carbocycles. The van der Waals surface area contributed by atoms with Gasteiger partial charge in [-0.25, -0.2) is 13.8 Å². The molecule has 0 radical (unpaired) electrons. The van der Waals surface area contributed by atoms with E-state index in [2.05, 4.69) is 20.0 Å². The van der Waals surface area contributed by atoms with Gasteiger partial charge in [-0.3, -0.25) is 4.79 Å². The zero-order valence-electron chi connectivity index (χ0n) is 14.8. The molecule has 0 amide bonds. The molecular weight excluding hydrogens is 397 g/mol. The average Bonchev–Trinajstić information content (AvgIpc) is 3.14. The maximum absolute atomic E-state index is 14.4. The first-order chi connectivity index (χ1) is 13.8. The Kier molecular flexibility index (Phi) is 5.53. The maximum Gasteiger partial charge on any atom is 0.418 e. The molecule has 10 heteroatoms. The van der Waals surface area contributed by atoms with Gasteiger partial charge in [0.25, 0.3) is 0 Å². The van der Waals surface area contributed by atoms with Crippen LogP contribution in [0.3, 0.4) is 0 Å². The Labute approximate surface area is 161 Å². The first kappa shape index (κ1) is 20.3. The van der Waals surface area contributed by atoms with Crippen molar-refractivity contribution in [2.75, 3.05) is 12.4 Å². The Morgan fingerprint density at radius 3 is 2.66 bits per heavy atom. The summed E-state index contributed by atoms with van der Waals surface area (Å²) in [6.45, 7) is 0. The number of hydrogen-bond donors (Lipinski definition) is 2. The fourth-order valence-electron chi connectivity index (χ4n) is 2.91. The van der Waals surface area contributed by atoms with Crippen molar-refractivity contribution in [3.8, 4) is 0 Å². The van der Waals surface area contributed by atoms with Crippen LogP contribution in [0.4, 0.5) is 27.6 Å². The Morgan fingerprint density at radius 2 is 2.00 bits per heavy atom. The summed E-state index contributed by atoms with van der Waals surface area (Å²) in [5.74, 6) is -3.86. The number of carbonyl (C=O) groups excluding carboxylic acids is 1. The number of methoxy groups -OCH3 is 1. The fraction of sp³-hybridized carbons (Fsp3) is 0.158. The van der Waals surface area contributed by atoms with Gasteiger partial charge in [0.2, 0.25) is 0 Å². The third kappa shape index (κ3) is 4.05. The molecule has 3 rings (SSSR count). The van der Waals surface area contributed by atoms with Crippen molar-refractivity contribution in [1.82, 2.24) is 9.97 Å². The van der Waals surface area contributed by atoms with Gasteiger partial charge in [0.05, 0.1) is 30.5 Å². The topological polar surface area (TPSA) is 67.0 Å². The highest BCUT2D eigenvalue weighted by atomic mass is 19.4. The largest absolute Gasteiger partial charge is 0.493 e. The molecule has 2 aromatic carbocycles. The summed E-state index contributed by atoms with van der Waals surface area (Å²) in [6.07, 6.45) is -3.82. The zero-order valence-corrected chi connectivity index (χ0v) is 14.8. The molecular formula is C19H14F5N3O2. The van der Waals surface area contributed by atoms with Crippen LogP contribution in [0.5, 0.6) is 0 Å². The molecule has 1 unspecified atom stereocenters. The quantitative estimate of drug-likeness (QED) is 0.268. The van der Waals surface area contributed by atoms with E-state index in [1.54, 1.807) is 0 Å². The van der Waals surface area contributed by atoms with Crippen molar-refractivity contribution in [3.63, 3.8) is 0 Å². The number of H-pyrrole nitrogens is 1.